The van der Waals surface area contributed by atoms with E-state index >= 15 is 0 Å². The summed E-state index contributed by atoms with van der Waals surface area (Å²) in [6.07, 6.45) is 6.65. The van der Waals surface area contributed by atoms with Gasteiger partial charge < -0.3 is 20.1 Å². The highest BCUT2D eigenvalue weighted by atomic mass is 16.5. The van der Waals surface area contributed by atoms with Crippen LogP contribution in [-0.4, -0.2) is 37.2 Å². The molecular formula is C32H29N7O3. The van der Waals surface area contributed by atoms with Crippen molar-refractivity contribution in [3.63, 3.8) is 0 Å². The molecule has 1 aliphatic heterocycles. The molecule has 0 aliphatic carbocycles. The average molecular weight is 560 g/mol. The van der Waals surface area contributed by atoms with Crippen LogP contribution >= 0.6 is 0 Å². The number of fused-ring (bicyclic) bond motifs is 1. The van der Waals surface area contributed by atoms with Crippen LogP contribution in [0.15, 0.2) is 109 Å². The SMILES string of the molecule is CCOc1cc(C2C(C(=O)Nc3cccnc3)=C(C)Nc3nc(-c4ccncc4)nn32)ccc1OCc1ccccc1. The normalized spacial score (nSPS) is 14.1. The minimum Gasteiger partial charge on any atom is -0.490 e. The fraction of sp³-hybridized carbons (Fsp3) is 0.156. The van der Waals surface area contributed by atoms with Crippen LogP contribution in [0, 0.1) is 0 Å². The van der Waals surface area contributed by atoms with Crippen molar-refractivity contribution in [2.45, 2.75) is 26.5 Å². The maximum Gasteiger partial charge on any atom is 0.255 e. The smallest absolute Gasteiger partial charge is 0.255 e. The summed E-state index contributed by atoms with van der Waals surface area (Å²) in [6.45, 7) is 4.62. The van der Waals surface area contributed by atoms with Crippen molar-refractivity contribution in [2.24, 2.45) is 0 Å². The minimum atomic E-state index is -0.608. The number of amides is 1. The molecule has 1 aliphatic rings. The van der Waals surface area contributed by atoms with Crippen molar-refractivity contribution < 1.29 is 14.3 Å². The molecule has 1 atom stereocenters. The third-order valence-electron chi connectivity index (χ3n) is 6.78. The van der Waals surface area contributed by atoms with Gasteiger partial charge in [-0.3, -0.25) is 14.8 Å². The maximum absolute atomic E-state index is 13.8. The van der Waals surface area contributed by atoms with E-state index in [4.69, 9.17) is 19.6 Å². The van der Waals surface area contributed by atoms with E-state index in [1.807, 2.05) is 74.5 Å². The zero-order valence-electron chi connectivity index (χ0n) is 23.2. The number of ether oxygens (including phenoxy) is 2. The van der Waals surface area contributed by atoms with E-state index in [1.54, 1.807) is 41.6 Å². The topological polar surface area (TPSA) is 116 Å². The van der Waals surface area contributed by atoms with Crippen molar-refractivity contribution in [3.05, 3.63) is 120 Å². The molecule has 10 heteroatoms. The van der Waals surface area contributed by atoms with E-state index in [0.29, 0.717) is 53.4 Å². The number of nitrogens with zero attached hydrogens (tertiary/aromatic N) is 5. The first kappa shape index (κ1) is 26.7. The third-order valence-corrected chi connectivity index (χ3v) is 6.78. The lowest BCUT2D eigenvalue weighted by molar-refractivity contribution is -0.113. The molecule has 4 heterocycles. The van der Waals surface area contributed by atoms with Gasteiger partial charge in [0.1, 0.15) is 12.6 Å². The van der Waals surface area contributed by atoms with Crippen LogP contribution in [0.5, 0.6) is 11.5 Å². The molecule has 10 nitrogen and oxygen atoms in total. The van der Waals surface area contributed by atoms with Crippen molar-refractivity contribution in [1.82, 2.24) is 24.7 Å². The number of nitrogens with one attached hydrogen (secondary N) is 2. The second-order valence-corrected chi connectivity index (χ2v) is 9.61. The van der Waals surface area contributed by atoms with Gasteiger partial charge in [-0.1, -0.05) is 36.4 Å². The van der Waals surface area contributed by atoms with E-state index < -0.39 is 6.04 Å². The zero-order valence-corrected chi connectivity index (χ0v) is 23.2. The first-order valence-electron chi connectivity index (χ1n) is 13.6. The molecular weight excluding hydrogens is 530 g/mol. The van der Waals surface area contributed by atoms with Gasteiger partial charge in [-0.15, -0.1) is 5.10 Å². The number of anilines is 2. The van der Waals surface area contributed by atoms with Crippen LogP contribution in [-0.2, 0) is 11.4 Å². The predicted molar refractivity (Wildman–Crippen MR) is 159 cm³/mol. The molecule has 1 amide bonds. The molecule has 0 saturated carbocycles. The highest BCUT2D eigenvalue weighted by Gasteiger charge is 2.35. The molecule has 210 valence electrons. The van der Waals surface area contributed by atoms with Crippen LogP contribution in [0.25, 0.3) is 11.4 Å². The molecule has 1 unspecified atom stereocenters. The van der Waals surface area contributed by atoms with Gasteiger partial charge in [0.2, 0.25) is 5.95 Å². The summed E-state index contributed by atoms with van der Waals surface area (Å²) in [5, 5.41) is 11.1. The van der Waals surface area contributed by atoms with E-state index in [0.717, 1.165) is 16.7 Å². The third kappa shape index (κ3) is 5.55. The molecule has 0 fully saturated rings. The number of rotatable bonds is 9. The summed E-state index contributed by atoms with van der Waals surface area (Å²) in [6, 6.07) is 22.3. The molecule has 0 bridgehead atoms. The van der Waals surface area contributed by atoms with Gasteiger partial charge in [0.15, 0.2) is 17.3 Å². The lowest BCUT2D eigenvalue weighted by Crippen LogP contribution is -2.31. The Bertz CT molecular complexity index is 1720. The Balaban J connectivity index is 1.41. The number of hydrogen-bond acceptors (Lipinski definition) is 8. The number of hydrogen-bond donors (Lipinski definition) is 2. The predicted octanol–water partition coefficient (Wildman–Crippen LogP) is 5.64. The molecule has 5 aromatic rings. The molecule has 6 rings (SSSR count). The van der Waals surface area contributed by atoms with Crippen LogP contribution < -0.4 is 20.1 Å². The molecule has 2 N–H and O–H groups in total. The summed E-state index contributed by atoms with van der Waals surface area (Å²) < 4.78 is 13.9. The number of aromatic nitrogens is 5. The van der Waals surface area contributed by atoms with Crippen molar-refractivity contribution in [1.29, 1.82) is 0 Å². The first-order valence-corrected chi connectivity index (χ1v) is 13.6. The molecule has 0 saturated heterocycles. The van der Waals surface area contributed by atoms with Crippen LogP contribution in [0.4, 0.5) is 11.6 Å². The number of pyridine rings is 2. The Morgan fingerprint density at radius 2 is 1.79 bits per heavy atom. The summed E-state index contributed by atoms with van der Waals surface area (Å²) in [5.74, 6) is 1.93. The van der Waals surface area contributed by atoms with Gasteiger partial charge in [-0.25, -0.2) is 4.68 Å². The summed E-state index contributed by atoms with van der Waals surface area (Å²) in [4.78, 5) is 26.8. The van der Waals surface area contributed by atoms with Gasteiger partial charge in [0, 0.05) is 29.9 Å². The molecule has 3 aromatic heterocycles. The molecule has 0 spiro atoms. The molecule has 42 heavy (non-hydrogen) atoms. The Labute approximate surface area is 243 Å². The Morgan fingerprint density at radius 3 is 2.55 bits per heavy atom. The highest BCUT2D eigenvalue weighted by molar-refractivity contribution is 6.06. The van der Waals surface area contributed by atoms with Crippen molar-refractivity contribution >= 4 is 17.5 Å². The van der Waals surface area contributed by atoms with Gasteiger partial charge in [0.25, 0.3) is 5.91 Å². The molecule has 0 radical (unpaired) electrons. The maximum atomic E-state index is 13.8. The Kier molecular flexibility index (Phi) is 7.58. The number of carbonyl (C=O) groups excluding carboxylic acids is 1. The largest absolute Gasteiger partial charge is 0.490 e. The Morgan fingerprint density at radius 1 is 0.952 bits per heavy atom. The monoisotopic (exact) mass is 559 g/mol. The second-order valence-electron chi connectivity index (χ2n) is 9.61. The summed E-state index contributed by atoms with van der Waals surface area (Å²) in [7, 11) is 0. The van der Waals surface area contributed by atoms with E-state index in [1.165, 1.54) is 0 Å². The van der Waals surface area contributed by atoms with Crippen LogP contribution in [0.3, 0.4) is 0 Å². The summed E-state index contributed by atoms with van der Waals surface area (Å²) >= 11 is 0. The Hall–Kier alpha value is -5.51. The second kappa shape index (κ2) is 11.9. The fourth-order valence-electron chi connectivity index (χ4n) is 4.83. The first-order chi connectivity index (χ1) is 20.6. The minimum absolute atomic E-state index is 0.285. The van der Waals surface area contributed by atoms with Gasteiger partial charge in [-0.05, 0) is 61.4 Å². The van der Waals surface area contributed by atoms with Crippen LogP contribution in [0.1, 0.15) is 31.0 Å². The highest BCUT2D eigenvalue weighted by Crippen LogP contribution is 2.40. The number of carbonyl (C=O) groups is 1. The van der Waals surface area contributed by atoms with Gasteiger partial charge in [-0.2, -0.15) is 4.98 Å². The average Bonchev–Trinajstić information content (AvgIpc) is 3.45. The molecule has 2 aromatic carbocycles. The van der Waals surface area contributed by atoms with E-state index in [-0.39, 0.29) is 5.91 Å². The van der Waals surface area contributed by atoms with Crippen molar-refractivity contribution in [2.75, 3.05) is 17.2 Å². The number of allylic oxidation sites excluding steroid dienone is 1. The van der Waals surface area contributed by atoms with Crippen LogP contribution in [0.2, 0.25) is 0 Å². The van der Waals surface area contributed by atoms with E-state index in [2.05, 4.69) is 20.6 Å². The quantitative estimate of drug-likeness (QED) is 0.238. The van der Waals surface area contributed by atoms with E-state index in [9.17, 15) is 4.79 Å². The standard InChI is InChI=1S/C32H29N7O3/c1-3-41-27-18-24(11-12-26(27)42-20-22-8-5-4-6-9-22)29-28(31(40)36-25-10-7-15-34-19-25)21(2)35-32-37-30(38-39(29)32)23-13-16-33-17-14-23/h4-19,29H,3,20H2,1-2H3,(H,36,40)(H,35,37,38). The number of benzene rings is 2. The van der Waals surface area contributed by atoms with Crippen molar-refractivity contribution in [3.8, 4) is 22.9 Å². The fourth-order valence-corrected chi connectivity index (χ4v) is 4.83. The lowest BCUT2D eigenvalue weighted by Gasteiger charge is -2.29. The summed E-state index contributed by atoms with van der Waals surface area (Å²) in [5.41, 5.74) is 4.37. The zero-order chi connectivity index (χ0) is 28.9. The lowest BCUT2D eigenvalue weighted by atomic mass is 9.94. The van der Waals surface area contributed by atoms with Gasteiger partial charge >= 0.3 is 0 Å². The van der Waals surface area contributed by atoms with Gasteiger partial charge in [0.05, 0.1) is 24.1 Å².